The fourth-order valence-electron chi connectivity index (χ4n) is 2.83. The van der Waals surface area contributed by atoms with Gasteiger partial charge < -0.3 is 23.7 Å². The summed E-state index contributed by atoms with van der Waals surface area (Å²) in [5, 5.41) is 0. The minimum atomic E-state index is -0.120. The molecule has 2 aromatic rings. The van der Waals surface area contributed by atoms with Gasteiger partial charge in [-0.1, -0.05) is 0 Å². The highest BCUT2D eigenvalue weighted by Crippen LogP contribution is 2.29. The lowest BCUT2D eigenvalue weighted by atomic mass is 10.1. The van der Waals surface area contributed by atoms with Crippen LogP contribution in [0, 0.1) is 6.92 Å². The van der Waals surface area contributed by atoms with E-state index in [1.165, 1.54) is 13.2 Å². The number of pyridine rings is 1. The van der Waals surface area contributed by atoms with Crippen molar-refractivity contribution in [2.45, 2.75) is 13.0 Å². The molecule has 0 saturated carbocycles. The lowest BCUT2D eigenvalue weighted by Crippen LogP contribution is -2.56. The molecule has 0 bridgehead atoms. The van der Waals surface area contributed by atoms with Crippen molar-refractivity contribution in [3.63, 3.8) is 0 Å². The molecule has 1 amide bonds. The van der Waals surface area contributed by atoms with E-state index in [9.17, 15) is 9.59 Å². The van der Waals surface area contributed by atoms with Crippen molar-refractivity contribution in [2.24, 2.45) is 7.05 Å². The second-order valence-corrected chi connectivity index (χ2v) is 6.25. The molecule has 7 heteroatoms. The van der Waals surface area contributed by atoms with Crippen LogP contribution < -0.4 is 19.8 Å². The maximum absolute atomic E-state index is 12.6. The highest BCUT2D eigenvalue weighted by Gasteiger charge is 2.33. The molecular weight excluding hydrogens is 336 g/mol. The third-order valence-corrected chi connectivity index (χ3v) is 4.55. The lowest BCUT2D eigenvalue weighted by molar-refractivity contribution is 0.0176. The third-order valence-electron chi connectivity index (χ3n) is 4.55. The van der Waals surface area contributed by atoms with Crippen LogP contribution in [0.5, 0.6) is 17.2 Å². The molecule has 26 heavy (non-hydrogen) atoms. The molecule has 0 atom stereocenters. The van der Waals surface area contributed by atoms with Gasteiger partial charge in [-0.25, -0.2) is 0 Å². The van der Waals surface area contributed by atoms with Crippen molar-refractivity contribution in [1.82, 2.24) is 9.47 Å². The van der Waals surface area contributed by atoms with Crippen LogP contribution in [-0.2, 0) is 7.05 Å². The summed E-state index contributed by atoms with van der Waals surface area (Å²) in [6.45, 7) is 2.80. The van der Waals surface area contributed by atoms with Gasteiger partial charge >= 0.3 is 0 Å². The number of aromatic nitrogens is 1. The predicted octanol–water partition coefficient (Wildman–Crippen LogP) is 1.61. The Labute approximate surface area is 151 Å². The number of rotatable bonds is 5. The molecule has 1 fully saturated rings. The zero-order valence-electron chi connectivity index (χ0n) is 15.3. The van der Waals surface area contributed by atoms with E-state index in [1.54, 1.807) is 41.8 Å². The van der Waals surface area contributed by atoms with E-state index in [4.69, 9.17) is 14.2 Å². The lowest BCUT2D eigenvalue weighted by Gasteiger charge is -2.39. The molecule has 0 aliphatic carbocycles. The Morgan fingerprint density at radius 3 is 2.38 bits per heavy atom. The predicted molar refractivity (Wildman–Crippen MR) is 96.3 cm³/mol. The minimum absolute atomic E-state index is 0.0917. The summed E-state index contributed by atoms with van der Waals surface area (Å²) < 4.78 is 17.8. The first-order chi connectivity index (χ1) is 12.4. The zero-order chi connectivity index (χ0) is 18.8. The van der Waals surface area contributed by atoms with E-state index in [2.05, 4.69) is 0 Å². The van der Waals surface area contributed by atoms with Crippen LogP contribution in [0.15, 0.2) is 35.1 Å². The highest BCUT2D eigenvalue weighted by molar-refractivity contribution is 5.95. The molecule has 7 nitrogen and oxygen atoms in total. The van der Waals surface area contributed by atoms with Gasteiger partial charge in [0.15, 0.2) is 11.5 Å². The molecule has 0 radical (unpaired) electrons. The van der Waals surface area contributed by atoms with E-state index in [0.717, 1.165) is 5.69 Å². The SMILES string of the molecule is COc1ccc(C(=O)N2CC(Oc3cc(C)n(C)c(=O)c3)C2)cc1OC. The van der Waals surface area contributed by atoms with Crippen molar-refractivity contribution in [3.8, 4) is 17.2 Å². The topological polar surface area (TPSA) is 70.0 Å². The minimum Gasteiger partial charge on any atom is -0.493 e. The van der Waals surface area contributed by atoms with Gasteiger partial charge in [0.25, 0.3) is 11.5 Å². The Kier molecular flexibility index (Phi) is 4.88. The van der Waals surface area contributed by atoms with Gasteiger partial charge in [-0.3, -0.25) is 9.59 Å². The zero-order valence-corrected chi connectivity index (χ0v) is 15.3. The molecule has 0 spiro atoms. The molecule has 1 aliphatic rings. The van der Waals surface area contributed by atoms with E-state index in [1.807, 2.05) is 13.0 Å². The number of carbonyl (C=O) groups is 1. The summed E-state index contributed by atoms with van der Waals surface area (Å²) >= 11 is 0. The number of benzene rings is 1. The van der Waals surface area contributed by atoms with Crippen LogP contribution in [0.4, 0.5) is 0 Å². The van der Waals surface area contributed by atoms with E-state index in [0.29, 0.717) is 35.9 Å². The number of likely N-dealkylation sites (tertiary alicyclic amines) is 1. The number of carbonyl (C=O) groups excluding carboxylic acids is 1. The number of hydrogen-bond donors (Lipinski definition) is 0. The second-order valence-electron chi connectivity index (χ2n) is 6.25. The monoisotopic (exact) mass is 358 g/mol. The normalized spacial score (nSPS) is 13.9. The van der Waals surface area contributed by atoms with Crippen LogP contribution in [0.3, 0.4) is 0 Å². The molecule has 0 unspecified atom stereocenters. The summed E-state index contributed by atoms with van der Waals surface area (Å²) in [7, 11) is 4.80. The first kappa shape index (κ1) is 17.8. The van der Waals surface area contributed by atoms with E-state index < -0.39 is 0 Å². The van der Waals surface area contributed by atoms with Crippen molar-refractivity contribution in [1.29, 1.82) is 0 Å². The average Bonchev–Trinajstić information content (AvgIpc) is 2.61. The summed E-state index contributed by atoms with van der Waals surface area (Å²) in [4.78, 5) is 26.1. The van der Waals surface area contributed by atoms with Crippen molar-refractivity contribution < 1.29 is 19.0 Å². The van der Waals surface area contributed by atoms with Gasteiger partial charge in [0.1, 0.15) is 11.9 Å². The Balaban J connectivity index is 1.63. The smallest absolute Gasteiger partial charge is 0.254 e. The standard InChI is InChI=1S/C19H22N2O5/c1-12-7-14(9-18(22)20(12)2)26-15-10-21(11-15)19(23)13-5-6-16(24-3)17(8-13)25-4/h5-9,15H,10-11H2,1-4H3. The van der Waals surface area contributed by atoms with Crippen LogP contribution in [-0.4, -0.2) is 48.8 Å². The Morgan fingerprint density at radius 2 is 1.77 bits per heavy atom. The molecule has 138 valence electrons. The molecular formula is C19H22N2O5. The quantitative estimate of drug-likeness (QED) is 0.812. The first-order valence-corrected chi connectivity index (χ1v) is 8.28. The average molecular weight is 358 g/mol. The molecule has 2 heterocycles. The summed E-state index contributed by atoms with van der Waals surface area (Å²) in [5.41, 5.74) is 1.24. The number of hydrogen-bond acceptors (Lipinski definition) is 5. The Bertz CT molecular complexity index is 884. The van der Waals surface area contributed by atoms with Gasteiger partial charge in [0.05, 0.1) is 27.3 Å². The van der Waals surface area contributed by atoms with Crippen LogP contribution in [0.25, 0.3) is 0 Å². The summed E-state index contributed by atoms with van der Waals surface area (Å²) in [6, 6.07) is 8.37. The largest absolute Gasteiger partial charge is 0.493 e. The number of ether oxygens (including phenoxy) is 3. The van der Waals surface area contributed by atoms with E-state index >= 15 is 0 Å². The van der Waals surface area contributed by atoms with E-state index in [-0.39, 0.29) is 17.6 Å². The maximum atomic E-state index is 12.6. The van der Waals surface area contributed by atoms with Gasteiger partial charge in [-0.05, 0) is 31.2 Å². The van der Waals surface area contributed by atoms with Gasteiger partial charge in [0, 0.05) is 24.4 Å². The van der Waals surface area contributed by atoms with Crippen molar-refractivity contribution >= 4 is 5.91 Å². The summed E-state index contributed by atoms with van der Waals surface area (Å²) in [5.74, 6) is 1.54. The first-order valence-electron chi connectivity index (χ1n) is 8.28. The van der Waals surface area contributed by atoms with Gasteiger partial charge in [-0.15, -0.1) is 0 Å². The highest BCUT2D eigenvalue weighted by atomic mass is 16.5. The molecule has 1 aromatic heterocycles. The summed E-state index contributed by atoms with van der Waals surface area (Å²) in [6.07, 6.45) is -0.120. The van der Waals surface area contributed by atoms with Crippen LogP contribution in [0.1, 0.15) is 16.1 Å². The van der Waals surface area contributed by atoms with Crippen LogP contribution >= 0.6 is 0 Å². The van der Waals surface area contributed by atoms with Crippen LogP contribution in [0.2, 0.25) is 0 Å². The number of amides is 1. The molecule has 0 N–H and O–H groups in total. The fourth-order valence-corrected chi connectivity index (χ4v) is 2.83. The van der Waals surface area contributed by atoms with Crippen molar-refractivity contribution in [2.75, 3.05) is 27.3 Å². The Morgan fingerprint density at radius 1 is 1.08 bits per heavy atom. The second kappa shape index (κ2) is 7.11. The molecule has 3 rings (SSSR count). The van der Waals surface area contributed by atoms with Gasteiger partial charge in [-0.2, -0.15) is 0 Å². The van der Waals surface area contributed by atoms with Crippen molar-refractivity contribution in [3.05, 3.63) is 51.9 Å². The third kappa shape index (κ3) is 3.37. The van der Waals surface area contributed by atoms with Gasteiger partial charge in [0.2, 0.25) is 0 Å². The Hall–Kier alpha value is -2.96. The molecule has 1 aliphatic heterocycles. The number of methoxy groups -OCH3 is 2. The maximum Gasteiger partial charge on any atom is 0.254 e. The fraction of sp³-hybridized carbons (Fsp3) is 0.368. The number of aryl methyl sites for hydroxylation is 1. The number of nitrogens with zero attached hydrogens (tertiary/aromatic N) is 2. The molecule has 1 aromatic carbocycles. The molecule has 1 saturated heterocycles.